The van der Waals surface area contributed by atoms with E-state index in [9.17, 15) is 4.79 Å². The predicted molar refractivity (Wildman–Crippen MR) is 115 cm³/mol. The number of benzene rings is 2. The van der Waals surface area contributed by atoms with Crippen molar-refractivity contribution in [2.24, 2.45) is 5.92 Å². The SMILES string of the molecule is CC(C)CC(NC(=O)c1ccc(N2CCOCC2)cc1)c1nc2ccccc2[nH]1. The second kappa shape index (κ2) is 8.66. The molecule has 1 atom stereocenters. The molecule has 2 N–H and O–H groups in total. The molecule has 152 valence electrons. The van der Waals surface area contributed by atoms with E-state index in [2.05, 4.69) is 29.0 Å². The Kier molecular flexibility index (Phi) is 5.81. The van der Waals surface area contributed by atoms with Gasteiger partial charge in [0, 0.05) is 24.3 Å². The van der Waals surface area contributed by atoms with E-state index < -0.39 is 0 Å². The summed E-state index contributed by atoms with van der Waals surface area (Å²) in [6.07, 6.45) is 0.817. The highest BCUT2D eigenvalue weighted by Crippen LogP contribution is 2.23. The molecule has 2 heterocycles. The van der Waals surface area contributed by atoms with Gasteiger partial charge in [-0.05, 0) is 48.7 Å². The number of anilines is 1. The lowest BCUT2D eigenvalue weighted by Gasteiger charge is -2.29. The van der Waals surface area contributed by atoms with E-state index >= 15 is 0 Å². The molecule has 0 saturated carbocycles. The van der Waals surface area contributed by atoms with Gasteiger partial charge < -0.3 is 19.9 Å². The van der Waals surface area contributed by atoms with Crippen molar-refractivity contribution >= 4 is 22.6 Å². The van der Waals surface area contributed by atoms with Crippen molar-refractivity contribution in [3.63, 3.8) is 0 Å². The number of hydrogen-bond donors (Lipinski definition) is 2. The summed E-state index contributed by atoms with van der Waals surface area (Å²) in [5, 5.41) is 3.17. The average Bonchev–Trinajstić information content (AvgIpc) is 3.18. The first-order chi connectivity index (χ1) is 14.1. The molecule has 1 aliphatic heterocycles. The van der Waals surface area contributed by atoms with E-state index in [-0.39, 0.29) is 11.9 Å². The number of morpholine rings is 1. The van der Waals surface area contributed by atoms with Crippen molar-refractivity contribution in [3.05, 3.63) is 59.9 Å². The van der Waals surface area contributed by atoms with Gasteiger partial charge in [0.1, 0.15) is 5.82 Å². The Bertz CT molecular complexity index is 925. The molecule has 0 aliphatic carbocycles. The van der Waals surface area contributed by atoms with Gasteiger partial charge in [0.25, 0.3) is 5.91 Å². The monoisotopic (exact) mass is 392 g/mol. The van der Waals surface area contributed by atoms with Crippen LogP contribution in [0.15, 0.2) is 48.5 Å². The van der Waals surface area contributed by atoms with Crippen LogP contribution in [0.5, 0.6) is 0 Å². The number of amides is 1. The van der Waals surface area contributed by atoms with Crippen molar-refractivity contribution < 1.29 is 9.53 Å². The third-order valence-electron chi connectivity index (χ3n) is 5.26. The molecule has 1 aliphatic rings. The molecular weight excluding hydrogens is 364 g/mol. The Labute approximate surface area is 171 Å². The lowest BCUT2D eigenvalue weighted by molar-refractivity contribution is 0.0930. The molecule has 1 amide bonds. The molecule has 1 saturated heterocycles. The number of carbonyl (C=O) groups excluding carboxylic acids is 1. The maximum Gasteiger partial charge on any atom is 0.251 e. The fourth-order valence-corrected chi connectivity index (χ4v) is 3.73. The Morgan fingerprint density at radius 3 is 2.55 bits per heavy atom. The first-order valence-electron chi connectivity index (χ1n) is 10.3. The Balaban J connectivity index is 1.50. The normalized spacial score (nSPS) is 15.6. The third-order valence-corrected chi connectivity index (χ3v) is 5.26. The standard InChI is InChI=1S/C23H28N4O2/c1-16(2)15-21(22-24-19-5-3-4-6-20(19)25-22)26-23(28)17-7-9-18(10-8-17)27-11-13-29-14-12-27/h3-10,16,21H,11-15H2,1-2H3,(H,24,25)(H,26,28). The smallest absolute Gasteiger partial charge is 0.251 e. The minimum Gasteiger partial charge on any atom is -0.378 e. The number of nitrogens with one attached hydrogen (secondary N) is 2. The predicted octanol–water partition coefficient (Wildman–Crippen LogP) is 3.92. The molecular formula is C23H28N4O2. The molecule has 2 aromatic carbocycles. The highest BCUT2D eigenvalue weighted by Gasteiger charge is 2.21. The second-order valence-corrected chi connectivity index (χ2v) is 7.94. The van der Waals surface area contributed by atoms with Crippen molar-refractivity contribution in [3.8, 4) is 0 Å². The summed E-state index contributed by atoms with van der Waals surface area (Å²) in [4.78, 5) is 23.3. The summed E-state index contributed by atoms with van der Waals surface area (Å²) in [6.45, 7) is 7.56. The Morgan fingerprint density at radius 2 is 1.86 bits per heavy atom. The highest BCUT2D eigenvalue weighted by molar-refractivity contribution is 5.94. The summed E-state index contributed by atoms with van der Waals surface area (Å²) < 4.78 is 5.41. The van der Waals surface area contributed by atoms with Crippen LogP contribution in [-0.4, -0.2) is 42.2 Å². The van der Waals surface area contributed by atoms with Crippen LogP contribution in [0.3, 0.4) is 0 Å². The molecule has 3 aromatic rings. The number of imidazole rings is 1. The van der Waals surface area contributed by atoms with Crippen LogP contribution in [-0.2, 0) is 4.74 Å². The van der Waals surface area contributed by atoms with Crippen molar-refractivity contribution in [2.75, 3.05) is 31.2 Å². The van der Waals surface area contributed by atoms with Gasteiger partial charge in [0.15, 0.2) is 0 Å². The van der Waals surface area contributed by atoms with E-state index in [4.69, 9.17) is 9.72 Å². The fourth-order valence-electron chi connectivity index (χ4n) is 3.73. The summed E-state index contributed by atoms with van der Waals surface area (Å²) >= 11 is 0. The van der Waals surface area contributed by atoms with Crippen LogP contribution < -0.4 is 10.2 Å². The maximum absolute atomic E-state index is 12.9. The zero-order chi connectivity index (χ0) is 20.2. The number of para-hydroxylation sites is 2. The molecule has 0 bridgehead atoms. The van der Waals surface area contributed by atoms with E-state index in [1.165, 1.54) is 0 Å². The topological polar surface area (TPSA) is 70.2 Å². The molecule has 0 radical (unpaired) electrons. The van der Waals surface area contributed by atoms with Gasteiger partial charge in [0.2, 0.25) is 0 Å². The van der Waals surface area contributed by atoms with Gasteiger partial charge in [-0.3, -0.25) is 4.79 Å². The summed E-state index contributed by atoms with van der Waals surface area (Å²) in [5.74, 6) is 1.15. The summed E-state index contributed by atoms with van der Waals surface area (Å²) in [7, 11) is 0. The van der Waals surface area contributed by atoms with Gasteiger partial charge in [-0.1, -0.05) is 26.0 Å². The number of hydrogen-bond acceptors (Lipinski definition) is 4. The Morgan fingerprint density at radius 1 is 1.14 bits per heavy atom. The van der Waals surface area contributed by atoms with Crippen LogP contribution in [0.1, 0.15) is 42.5 Å². The van der Waals surface area contributed by atoms with Crippen LogP contribution >= 0.6 is 0 Å². The second-order valence-electron chi connectivity index (χ2n) is 7.94. The van der Waals surface area contributed by atoms with Crippen molar-refractivity contribution in [2.45, 2.75) is 26.3 Å². The largest absolute Gasteiger partial charge is 0.378 e. The van der Waals surface area contributed by atoms with Gasteiger partial charge in [-0.25, -0.2) is 4.98 Å². The molecule has 1 unspecified atom stereocenters. The quantitative estimate of drug-likeness (QED) is 0.667. The van der Waals surface area contributed by atoms with E-state index in [1.807, 2.05) is 48.5 Å². The van der Waals surface area contributed by atoms with Crippen molar-refractivity contribution in [1.82, 2.24) is 15.3 Å². The van der Waals surface area contributed by atoms with Crippen molar-refractivity contribution in [1.29, 1.82) is 0 Å². The number of carbonyl (C=O) groups is 1. The number of ether oxygens (including phenoxy) is 1. The third kappa shape index (κ3) is 4.59. The van der Waals surface area contributed by atoms with E-state index in [0.29, 0.717) is 11.5 Å². The lowest BCUT2D eigenvalue weighted by Crippen LogP contribution is -2.36. The average molecular weight is 393 g/mol. The van der Waals surface area contributed by atoms with Crippen LogP contribution in [0.2, 0.25) is 0 Å². The molecule has 6 nitrogen and oxygen atoms in total. The summed E-state index contributed by atoms with van der Waals surface area (Å²) in [5.41, 5.74) is 3.69. The molecule has 4 rings (SSSR count). The molecule has 29 heavy (non-hydrogen) atoms. The minimum atomic E-state index is -0.159. The number of fused-ring (bicyclic) bond motifs is 1. The molecule has 0 spiro atoms. The van der Waals surface area contributed by atoms with Gasteiger partial charge in [-0.15, -0.1) is 0 Å². The number of aromatic amines is 1. The minimum absolute atomic E-state index is 0.0790. The Hall–Kier alpha value is -2.86. The van der Waals surface area contributed by atoms with Gasteiger partial charge >= 0.3 is 0 Å². The van der Waals surface area contributed by atoms with Crippen LogP contribution in [0.25, 0.3) is 11.0 Å². The lowest BCUT2D eigenvalue weighted by atomic mass is 10.0. The number of nitrogens with zero attached hydrogens (tertiary/aromatic N) is 2. The zero-order valence-corrected chi connectivity index (χ0v) is 17.0. The van der Waals surface area contributed by atoms with E-state index in [0.717, 1.165) is 55.3 Å². The van der Waals surface area contributed by atoms with Gasteiger partial charge in [0.05, 0.1) is 30.3 Å². The number of aromatic nitrogens is 2. The highest BCUT2D eigenvalue weighted by atomic mass is 16.5. The maximum atomic E-state index is 12.9. The molecule has 1 aromatic heterocycles. The molecule has 6 heteroatoms. The first-order valence-corrected chi connectivity index (χ1v) is 10.3. The summed E-state index contributed by atoms with van der Waals surface area (Å²) in [6, 6.07) is 15.6. The zero-order valence-electron chi connectivity index (χ0n) is 17.0. The van der Waals surface area contributed by atoms with E-state index in [1.54, 1.807) is 0 Å². The first kappa shape index (κ1) is 19.5. The number of H-pyrrole nitrogens is 1. The van der Waals surface area contributed by atoms with Crippen LogP contribution in [0, 0.1) is 5.92 Å². The fraction of sp³-hybridized carbons (Fsp3) is 0.391. The van der Waals surface area contributed by atoms with Crippen LogP contribution in [0.4, 0.5) is 5.69 Å². The molecule has 1 fully saturated rings. The van der Waals surface area contributed by atoms with Gasteiger partial charge in [-0.2, -0.15) is 0 Å². The number of rotatable bonds is 6.